The monoisotopic (exact) mass is 274 g/mol. The molecule has 2 heterocycles. The Labute approximate surface area is 117 Å². The van der Waals surface area contributed by atoms with Crippen LogP contribution in [0.4, 0.5) is 0 Å². The molecule has 0 atom stereocenters. The van der Waals surface area contributed by atoms with Crippen LogP contribution in [0.2, 0.25) is 0 Å². The predicted octanol–water partition coefficient (Wildman–Crippen LogP) is 1.34. The number of nitrogens with zero attached hydrogens (tertiary/aromatic N) is 1. The maximum atomic E-state index is 12.4. The first-order valence-corrected chi connectivity index (χ1v) is 7.02. The highest BCUT2D eigenvalue weighted by Gasteiger charge is 2.32. The summed E-state index contributed by atoms with van der Waals surface area (Å²) in [6, 6.07) is 5.07. The number of amides is 1. The second-order valence-electron chi connectivity index (χ2n) is 5.52. The third-order valence-corrected chi connectivity index (χ3v) is 4.18. The second-order valence-corrected chi connectivity index (χ2v) is 5.52. The Hall–Kier alpha value is -1.88. The van der Waals surface area contributed by atoms with Crippen LogP contribution in [0.15, 0.2) is 18.2 Å². The van der Waals surface area contributed by atoms with E-state index in [2.05, 4.69) is 5.32 Å². The van der Waals surface area contributed by atoms with E-state index < -0.39 is 5.97 Å². The number of carboxylic acid groups (broad SMARTS) is 1. The van der Waals surface area contributed by atoms with E-state index in [1.54, 1.807) is 11.0 Å². The zero-order chi connectivity index (χ0) is 14.1. The first-order chi connectivity index (χ1) is 9.66. The number of aromatic carboxylic acids is 1. The van der Waals surface area contributed by atoms with Crippen molar-refractivity contribution in [3.8, 4) is 0 Å². The molecule has 0 radical (unpaired) electrons. The Balaban J connectivity index is 1.80. The summed E-state index contributed by atoms with van der Waals surface area (Å²) in [6.45, 7) is 3.27. The zero-order valence-electron chi connectivity index (χ0n) is 11.3. The molecule has 2 aliphatic rings. The normalized spacial score (nSPS) is 19.2. The van der Waals surface area contributed by atoms with Gasteiger partial charge in [0.2, 0.25) is 0 Å². The smallest absolute Gasteiger partial charge is 0.336 e. The maximum absolute atomic E-state index is 12.4. The molecule has 0 unspecified atom stereocenters. The van der Waals surface area contributed by atoms with Gasteiger partial charge in [0.15, 0.2) is 0 Å². The number of nitrogens with one attached hydrogen (secondary N) is 1. The van der Waals surface area contributed by atoms with Crippen molar-refractivity contribution in [3.05, 3.63) is 34.9 Å². The SMILES string of the molecule is O=C(O)c1cccc2c1C(=O)N(CC1CCNCC1)C2. The van der Waals surface area contributed by atoms with Crippen LogP contribution in [0, 0.1) is 5.92 Å². The fourth-order valence-corrected chi connectivity index (χ4v) is 3.12. The summed E-state index contributed by atoms with van der Waals surface area (Å²) in [5, 5.41) is 12.5. The van der Waals surface area contributed by atoms with Crippen LogP contribution < -0.4 is 5.32 Å². The molecule has 1 aromatic carbocycles. The molecular formula is C15H18N2O3. The fraction of sp³-hybridized carbons (Fsp3) is 0.467. The second kappa shape index (κ2) is 5.25. The van der Waals surface area contributed by atoms with E-state index in [4.69, 9.17) is 0 Å². The van der Waals surface area contributed by atoms with Crippen LogP contribution in [-0.2, 0) is 6.54 Å². The summed E-state index contributed by atoms with van der Waals surface area (Å²) in [4.78, 5) is 25.5. The zero-order valence-corrected chi connectivity index (χ0v) is 11.3. The lowest BCUT2D eigenvalue weighted by Gasteiger charge is -2.27. The third kappa shape index (κ3) is 2.29. The van der Waals surface area contributed by atoms with Crippen molar-refractivity contribution in [2.45, 2.75) is 19.4 Å². The minimum Gasteiger partial charge on any atom is -0.478 e. The standard InChI is InChI=1S/C15H18N2O3/c18-14-13-11(2-1-3-12(13)15(19)20)9-17(14)8-10-4-6-16-7-5-10/h1-3,10,16H,4-9H2,(H,19,20). The van der Waals surface area contributed by atoms with Gasteiger partial charge < -0.3 is 15.3 Å². The molecule has 5 heteroatoms. The average molecular weight is 274 g/mol. The topological polar surface area (TPSA) is 69.6 Å². The number of carboxylic acids is 1. The van der Waals surface area contributed by atoms with Crippen molar-refractivity contribution in [1.29, 1.82) is 0 Å². The lowest BCUT2D eigenvalue weighted by Crippen LogP contribution is -2.36. The molecule has 0 bridgehead atoms. The van der Waals surface area contributed by atoms with Gasteiger partial charge in [-0.15, -0.1) is 0 Å². The number of rotatable bonds is 3. The summed E-state index contributed by atoms with van der Waals surface area (Å²) in [7, 11) is 0. The molecule has 0 saturated carbocycles. The van der Waals surface area contributed by atoms with Gasteiger partial charge in [-0.25, -0.2) is 4.79 Å². The van der Waals surface area contributed by atoms with Crippen LogP contribution in [0.3, 0.4) is 0 Å². The van der Waals surface area contributed by atoms with E-state index in [-0.39, 0.29) is 11.5 Å². The summed E-state index contributed by atoms with van der Waals surface area (Å²) in [6.07, 6.45) is 2.15. The molecule has 0 aromatic heterocycles. The largest absolute Gasteiger partial charge is 0.478 e. The highest BCUT2D eigenvalue weighted by Crippen LogP contribution is 2.28. The van der Waals surface area contributed by atoms with E-state index in [1.807, 2.05) is 6.07 Å². The van der Waals surface area contributed by atoms with Gasteiger partial charge in [0.1, 0.15) is 0 Å². The Morgan fingerprint density at radius 1 is 1.35 bits per heavy atom. The summed E-state index contributed by atoms with van der Waals surface area (Å²) < 4.78 is 0. The van der Waals surface area contributed by atoms with E-state index in [0.29, 0.717) is 18.0 Å². The third-order valence-electron chi connectivity index (χ3n) is 4.18. The molecule has 1 aromatic rings. The molecule has 20 heavy (non-hydrogen) atoms. The highest BCUT2D eigenvalue weighted by molar-refractivity contribution is 6.07. The van der Waals surface area contributed by atoms with Gasteiger partial charge >= 0.3 is 5.97 Å². The molecule has 1 saturated heterocycles. The summed E-state index contributed by atoms with van der Waals surface area (Å²) in [5.74, 6) is -0.641. The molecule has 1 amide bonds. The van der Waals surface area contributed by atoms with Crippen molar-refractivity contribution in [2.75, 3.05) is 19.6 Å². The van der Waals surface area contributed by atoms with E-state index in [0.717, 1.165) is 38.0 Å². The molecule has 2 aliphatic heterocycles. The van der Waals surface area contributed by atoms with Crippen LogP contribution in [0.25, 0.3) is 0 Å². The molecule has 5 nitrogen and oxygen atoms in total. The van der Waals surface area contributed by atoms with Gasteiger partial charge in [-0.1, -0.05) is 12.1 Å². The molecule has 0 aliphatic carbocycles. The molecule has 2 N–H and O–H groups in total. The number of carbonyl (C=O) groups excluding carboxylic acids is 1. The molecule has 1 fully saturated rings. The minimum absolute atomic E-state index is 0.125. The van der Waals surface area contributed by atoms with E-state index in [9.17, 15) is 14.7 Å². The number of hydrogen-bond donors (Lipinski definition) is 2. The van der Waals surface area contributed by atoms with Crippen LogP contribution >= 0.6 is 0 Å². The van der Waals surface area contributed by atoms with E-state index in [1.165, 1.54) is 6.07 Å². The van der Waals surface area contributed by atoms with Crippen LogP contribution in [0.1, 0.15) is 39.1 Å². The number of hydrogen-bond acceptors (Lipinski definition) is 3. The summed E-state index contributed by atoms with van der Waals surface area (Å²) in [5.41, 5.74) is 1.35. The molecule has 106 valence electrons. The lowest BCUT2D eigenvalue weighted by molar-refractivity contribution is 0.0676. The van der Waals surface area contributed by atoms with Gasteiger partial charge in [-0.05, 0) is 43.5 Å². The Morgan fingerprint density at radius 2 is 2.10 bits per heavy atom. The first-order valence-electron chi connectivity index (χ1n) is 7.02. The lowest BCUT2D eigenvalue weighted by atomic mass is 9.97. The van der Waals surface area contributed by atoms with Gasteiger partial charge in [0, 0.05) is 13.1 Å². The van der Waals surface area contributed by atoms with Gasteiger partial charge in [0.25, 0.3) is 5.91 Å². The fourth-order valence-electron chi connectivity index (χ4n) is 3.12. The molecule has 3 rings (SSSR count). The molecular weight excluding hydrogens is 256 g/mol. The predicted molar refractivity (Wildman–Crippen MR) is 73.7 cm³/mol. The van der Waals surface area contributed by atoms with Gasteiger partial charge in [-0.3, -0.25) is 4.79 Å². The minimum atomic E-state index is -1.03. The van der Waals surface area contributed by atoms with Crippen molar-refractivity contribution in [3.63, 3.8) is 0 Å². The number of piperidine rings is 1. The average Bonchev–Trinajstić information content (AvgIpc) is 2.77. The highest BCUT2D eigenvalue weighted by atomic mass is 16.4. The number of benzene rings is 1. The maximum Gasteiger partial charge on any atom is 0.336 e. The van der Waals surface area contributed by atoms with Gasteiger partial charge in [0.05, 0.1) is 11.1 Å². The first kappa shape index (κ1) is 13.1. The van der Waals surface area contributed by atoms with Crippen molar-refractivity contribution < 1.29 is 14.7 Å². The quantitative estimate of drug-likeness (QED) is 0.872. The van der Waals surface area contributed by atoms with Crippen molar-refractivity contribution >= 4 is 11.9 Å². The van der Waals surface area contributed by atoms with Crippen LogP contribution in [-0.4, -0.2) is 41.5 Å². The van der Waals surface area contributed by atoms with Gasteiger partial charge in [-0.2, -0.15) is 0 Å². The van der Waals surface area contributed by atoms with Crippen molar-refractivity contribution in [1.82, 2.24) is 10.2 Å². The Morgan fingerprint density at radius 3 is 2.80 bits per heavy atom. The number of fused-ring (bicyclic) bond motifs is 1. The Kier molecular flexibility index (Phi) is 3.44. The molecule has 0 spiro atoms. The van der Waals surface area contributed by atoms with E-state index >= 15 is 0 Å². The van der Waals surface area contributed by atoms with Crippen molar-refractivity contribution in [2.24, 2.45) is 5.92 Å². The summed E-state index contributed by atoms with van der Waals surface area (Å²) >= 11 is 0. The van der Waals surface area contributed by atoms with Crippen LogP contribution in [0.5, 0.6) is 0 Å². The Bertz CT molecular complexity index is 550. The number of carbonyl (C=O) groups is 2.